The van der Waals surface area contributed by atoms with Gasteiger partial charge >= 0.3 is 0 Å². The third-order valence-corrected chi connectivity index (χ3v) is 5.07. The maximum absolute atomic E-state index is 12.7. The number of anilines is 1. The van der Waals surface area contributed by atoms with Crippen molar-refractivity contribution in [3.8, 4) is 0 Å². The van der Waals surface area contributed by atoms with Crippen molar-refractivity contribution in [3.05, 3.63) is 77.9 Å². The van der Waals surface area contributed by atoms with Crippen LogP contribution in [-0.4, -0.2) is 35.1 Å². The Balaban J connectivity index is 1.40. The first-order valence-corrected chi connectivity index (χ1v) is 9.09. The van der Waals surface area contributed by atoms with E-state index in [1.54, 1.807) is 24.3 Å². The zero-order valence-electron chi connectivity index (χ0n) is 15.1. The molecule has 0 saturated carbocycles. The number of hydrogen-bond donors (Lipinski definition) is 0. The van der Waals surface area contributed by atoms with E-state index < -0.39 is 5.92 Å². The van der Waals surface area contributed by atoms with E-state index in [1.807, 2.05) is 30.3 Å². The van der Waals surface area contributed by atoms with Crippen LogP contribution in [0.3, 0.4) is 0 Å². The Bertz CT molecular complexity index is 961. The second-order valence-electron chi connectivity index (χ2n) is 6.81. The van der Waals surface area contributed by atoms with Crippen molar-refractivity contribution >= 4 is 29.3 Å². The van der Waals surface area contributed by atoms with Gasteiger partial charge in [0.2, 0.25) is 11.8 Å². The molecule has 6 nitrogen and oxygen atoms in total. The van der Waals surface area contributed by atoms with E-state index in [0.717, 1.165) is 16.0 Å². The molecule has 0 spiro atoms. The number of likely N-dealkylation sites (tertiary alicyclic amines) is 1. The number of carbonyl (C=O) groups excluding carboxylic acids is 4. The molecule has 28 heavy (non-hydrogen) atoms. The number of imide groups is 2. The van der Waals surface area contributed by atoms with Crippen molar-refractivity contribution in [2.24, 2.45) is 0 Å². The molecule has 1 fully saturated rings. The van der Waals surface area contributed by atoms with Crippen molar-refractivity contribution in [2.75, 3.05) is 11.4 Å². The molecule has 6 heteroatoms. The van der Waals surface area contributed by atoms with Crippen LogP contribution in [0.4, 0.5) is 5.69 Å². The van der Waals surface area contributed by atoms with Crippen LogP contribution in [0.5, 0.6) is 0 Å². The first-order chi connectivity index (χ1) is 13.5. The number of nitrogens with zero attached hydrogens (tertiary/aromatic N) is 2. The van der Waals surface area contributed by atoms with Crippen LogP contribution in [0.15, 0.2) is 66.7 Å². The molecule has 2 heterocycles. The molecule has 0 bridgehead atoms. The van der Waals surface area contributed by atoms with E-state index >= 15 is 0 Å². The van der Waals surface area contributed by atoms with Crippen LogP contribution in [-0.2, 0) is 25.6 Å². The Kier molecular flexibility index (Phi) is 4.61. The van der Waals surface area contributed by atoms with Crippen LogP contribution in [0.2, 0.25) is 0 Å². The maximum atomic E-state index is 12.7. The quantitative estimate of drug-likeness (QED) is 0.752. The molecular formula is C22H18N2O4. The summed E-state index contributed by atoms with van der Waals surface area (Å²) in [5.41, 5.74) is 2.28. The summed E-state index contributed by atoms with van der Waals surface area (Å²) in [6.07, 6.45) is 3.20. The van der Waals surface area contributed by atoms with Crippen LogP contribution in [0, 0.1) is 0 Å². The van der Waals surface area contributed by atoms with Crippen molar-refractivity contribution < 1.29 is 19.2 Å². The second-order valence-corrected chi connectivity index (χ2v) is 6.81. The molecule has 4 rings (SSSR count). The fraction of sp³-hybridized carbons (Fsp3) is 0.182. The highest BCUT2D eigenvalue weighted by atomic mass is 16.2. The average Bonchev–Trinajstić information content (AvgIpc) is 3.19. The summed E-state index contributed by atoms with van der Waals surface area (Å²) in [6.45, 7) is 0.309. The average molecular weight is 374 g/mol. The second kappa shape index (κ2) is 7.23. The lowest BCUT2D eigenvalue weighted by Gasteiger charge is -2.16. The Hall–Kier alpha value is -3.54. The van der Waals surface area contributed by atoms with Gasteiger partial charge in [-0.3, -0.25) is 24.1 Å². The standard InChI is InChI=1S/C22H18N2O4/c25-19-10-11-20(26)24(19)17-8-6-15(7-9-17)12-13-23-21(27)14-18(22(23)28)16-4-2-1-3-5-16/h1-11,18H,12-14H2. The molecule has 0 N–H and O–H groups in total. The Labute approximate surface area is 162 Å². The predicted octanol–water partition coefficient (Wildman–Crippen LogP) is 2.20. The van der Waals surface area contributed by atoms with Crippen molar-refractivity contribution in [3.63, 3.8) is 0 Å². The minimum absolute atomic E-state index is 0.158. The molecule has 4 amide bonds. The van der Waals surface area contributed by atoms with E-state index in [4.69, 9.17) is 0 Å². The van der Waals surface area contributed by atoms with Gasteiger partial charge in [0.15, 0.2) is 0 Å². The number of benzene rings is 2. The molecule has 0 radical (unpaired) electrons. The summed E-state index contributed by atoms with van der Waals surface area (Å²) in [4.78, 5) is 50.8. The van der Waals surface area contributed by atoms with E-state index in [2.05, 4.69) is 0 Å². The minimum atomic E-state index is -0.407. The van der Waals surface area contributed by atoms with E-state index in [1.165, 1.54) is 17.1 Å². The highest BCUT2D eigenvalue weighted by Gasteiger charge is 2.38. The molecule has 0 aromatic heterocycles. The number of amides is 4. The zero-order valence-corrected chi connectivity index (χ0v) is 15.1. The molecule has 2 aliphatic rings. The molecule has 2 aliphatic heterocycles. The van der Waals surface area contributed by atoms with Gasteiger partial charge in [-0.15, -0.1) is 0 Å². The van der Waals surface area contributed by atoms with Gasteiger partial charge in [0, 0.05) is 25.1 Å². The lowest BCUT2D eigenvalue weighted by Crippen LogP contribution is -2.32. The third kappa shape index (κ3) is 3.24. The monoisotopic (exact) mass is 374 g/mol. The molecular weight excluding hydrogens is 356 g/mol. The van der Waals surface area contributed by atoms with Crippen molar-refractivity contribution in [1.82, 2.24) is 4.90 Å². The molecule has 1 unspecified atom stereocenters. The third-order valence-electron chi connectivity index (χ3n) is 5.07. The smallest absolute Gasteiger partial charge is 0.258 e. The summed E-state index contributed by atoms with van der Waals surface area (Å²) < 4.78 is 0. The molecule has 2 aromatic rings. The summed E-state index contributed by atoms with van der Waals surface area (Å²) in [6, 6.07) is 16.3. The summed E-state index contributed by atoms with van der Waals surface area (Å²) in [5.74, 6) is -1.45. The van der Waals surface area contributed by atoms with Gasteiger partial charge in [-0.2, -0.15) is 0 Å². The minimum Gasteiger partial charge on any atom is -0.282 e. The Morgan fingerprint density at radius 1 is 0.821 bits per heavy atom. The molecule has 140 valence electrons. The fourth-order valence-corrected chi connectivity index (χ4v) is 3.57. The normalized spacial score (nSPS) is 19.2. The van der Waals surface area contributed by atoms with E-state index in [9.17, 15) is 19.2 Å². The van der Waals surface area contributed by atoms with Gasteiger partial charge in [-0.25, -0.2) is 4.90 Å². The SMILES string of the molecule is O=C1CC(c2ccccc2)C(=O)N1CCc1ccc(N2C(=O)C=CC2=O)cc1. The molecule has 0 aliphatic carbocycles. The van der Waals surface area contributed by atoms with Crippen molar-refractivity contribution in [1.29, 1.82) is 0 Å². The first-order valence-electron chi connectivity index (χ1n) is 9.09. The van der Waals surface area contributed by atoms with E-state index in [-0.39, 0.29) is 30.0 Å². The molecule has 2 aromatic carbocycles. The highest BCUT2D eigenvalue weighted by molar-refractivity contribution is 6.28. The lowest BCUT2D eigenvalue weighted by atomic mass is 9.98. The summed E-state index contributed by atoms with van der Waals surface area (Å²) in [5, 5.41) is 0. The number of hydrogen-bond acceptors (Lipinski definition) is 4. The number of rotatable bonds is 5. The maximum Gasteiger partial charge on any atom is 0.258 e. The molecule has 1 atom stereocenters. The Morgan fingerprint density at radius 3 is 2.11 bits per heavy atom. The fourth-order valence-electron chi connectivity index (χ4n) is 3.57. The predicted molar refractivity (Wildman–Crippen MR) is 102 cm³/mol. The molecule has 1 saturated heterocycles. The van der Waals surface area contributed by atoms with Gasteiger partial charge in [0.25, 0.3) is 11.8 Å². The summed E-state index contributed by atoms with van der Waals surface area (Å²) >= 11 is 0. The largest absolute Gasteiger partial charge is 0.282 e. The van der Waals surface area contributed by atoms with Gasteiger partial charge in [-0.1, -0.05) is 42.5 Å². The zero-order chi connectivity index (χ0) is 19.7. The van der Waals surface area contributed by atoms with Crippen LogP contribution < -0.4 is 4.90 Å². The Morgan fingerprint density at radius 2 is 1.46 bits per heavy atom. The van der Waals surface area contributed by atoms with Crippen LogP contribution in [0.25, 0.3) is 0 Å². The van der Waals surface area contributed by atoms with Gasteiger partial charge < -0.3 is 0 Å². The highest BCUT2D eigenvalue weighted by Crippen LogP contribution is 2.29. The van der Waals surface area contributed by atoms with Crippen LogP contribution in [0.1, 0.15) is 23.5 Å². The van der Waals surface area contributed by atoms with Gasteiger partial charge in [0.05, 0.1) is 11.6 Å². The first kappa shape index (κ1) is 17.9. The van der Waals surface area contributed by atoms with Crippen molar-refractivity contribution in [2.45, 2.75) is 18.8 Å². The lowest BCUT2D eigenvalue weighted by molar-refractivity contribution is -0.138. The van der Waals surface area contributed by atoms with Gasteiger partial charge in [-0.05, 0) is 29.7 Å². The number of carbonyl (C=O) groups is 4. The van der Waals surface area contributed by atoms with E-state index in [0.29, 0.717) is 18.7 Å². The topological polar surface area (TPSA) is 74.8 Å². The summed E-state index contributed by atoms with van der Waals surface area (Å²) in [7, 11) is 0. The van der Waals surface area contributed by atoms with Gasteiger partial charge in [0.1, 0.15) is 0 Å². The van der Waals surface area contributed by atoms with Crippen LogP contribution >= 0.6 is 0 Å².